The van der Waals surface area contributed by atoms with E-state index >= 15 is 0 Å². The molecule has 11 heteroatoms. The average Bonchev–Trinajstić information content (AvgIpc) is 2.67. The topological polar surface area (TPSA) is 57.0 Å². The summed E-state index contributed by atoms with van der Waals surface area (Å²) in [6, 6.07) is 7.77. The van der Waals surface area contributed by atoms with Crippen molar-refractivity contribution in [2.75, 3.05) is 33.4 Å². The van der Waals surface area contributed by atoms with Crippen LogP contribution in [0.5, 0.6) is 0 Å². The summed E-state index contributed by atoms with van der Waals surface area (Å²) < 4.78 is 16.7. The van der Waals surface area contributed by atoms with Crippen LogP contribution in [0.15, 0.2) is 24.3 Å². The predicted octanol–water partition coefficient (Wildman–Crippen LogP) is 4.84. The van der Waals surface area contributed by atoms with Gasteiger partial charge in [-0.1, -0.05) is 0 Å². The van der Waals surface area contributed by atoms with Crippen LogP contribution in [0, 0.1) is 21.4 Å². The molecule has 0 bridgehead atoms. The van der Waals surface area contributed by atoms with Crippen molar-refractivity contribution < 1.29 is 24.0 Å². The number of hydrogen-bond acceptors (Lipinski definition) is 4. The van der Waals surface area contributed by atoms with Gasteiger partial charge in [0.15, 0.2) is 0 Å². The standard InChI is InChI=1S/C19H15I6NO4/c1-26(4-6-29-18(27)11-8-10(20)9-14(23)16(11)24)5-7-30-19(28)15-12(21)2-3-13(22)17(15)25/h2-3,8-9H,4-7H2,1H3/p+1. The molecule has 162 valence electrons. The zero-order valence-corrected chi connectivity index (χ0v) is 28.5. The van der Waals surface area contributed by atoms with Crippen molar-refractivity contribution in [2.45, 2.75) is 0 Å². The summed E-state index contributed by atoms with van der Waals surface area (Å²) >= 11 is 13.1. The van der Waals surface area contributed by atoms with Gasteiger partial charge in [0.2, 0.25) is 0 Å². The van der Waals surface area contributed by atoms with Gasteiger partial charge >= 0.3 is 11.9 Å². The summed E-state index contributed by atoms with van der Waals surface area (Å²) in [5, 5.41) is 0. The van der Waals surface area contributed by atoms with E-state index in [1.54, 1.807) is 0 Å². The Hall–Kier alpha value is 1.72. The number of quaternary nitrogens is 1. The van der Waals surface area contributed by atoms with Crippen molar-refractivity contribution >= 4 is 147 Å². The number of benzene rings is 2. The lowest BCUT2D eigenvalue weighted by atomic mass is 10.2. The van der Waals surface area contributed by atoms with Crippen molar-refractivity contribution in [1.29, 1.82) is 0 Å². The highest BCUT2D eigenvalue weighted by atomic mass is 127. The van der Waals surface area contributed by atoms with Crippen LogP contribution in [0.1, 0.15) is 20.7 Å². The molecule has 0 saturated carbocycles. The monoisotopic (exact) mass is 1080 g/mol. The minimum atomic E-state index is -0.308. The Bertz CT molecular complexity index is 953. The largest absolute Gasteiger partial charge is 0.456 e. The molecule has 1 unspecified atom stereocenters. The van der Waals surface area contributed by atoms with Gasteiger partial charge in [-0.15, -0.1) is 0 Å². The normalized spacial score (nSPS) is 11.8. The van der Waals surface area contributed by atoms with Crippen LogP contribution < -0.4 is 4.90 Å². The molecule has 0 saturated heterocycles. The highest BCUT2D eigenvalue weighted by molar-refractivity contribution is 14.1. The van der Waals surface area contributed by atoms with Gasteiger partial charge in [0.25, 0.3) is 0 Å². The fraction of sp³-hybridized carbons (Fsp3) is 0.263. The van der Waals surface area contributed by atoms with Crippen molar-refractivity contribution in [3.8, 4) is 0 Å². The predicted molar refractivity (Wildman–Crippen MR) is 166 cm³/mol. The molecule has 5 nitrogen and oxygen atoms in total. The Balaban J connectivity index is 1.78. The summed E-state index contributed by atoms with van der Waals surface area (Å²) in [5.74, 6) is -0.609. The fourth-order valence-corrected chi connectivity index (χ4v) is 7.03. The van der Waals surface area contributed by atoms with Crippen molar-refractivity contribution in [3.05, 3.63) is 56.8 Å². The lowest BCUT2D eigenvalue weighted by molar-refractivity contribution is -0.879. The number of likely N-dealkylation sites (N-methyl/N-ethyl adjacent to an activating group) is 1. The fourth-order valence-electron chi connectivity index (χ4n) is 2.33. The second-order valence-corrected chi connectivity index (χ2v) is 13.1. The van der Waals surface area contributed by atoms with Gasteiger partial charge in [-0.05, 0) is 160 Å². The maximum atomic E-state index is 12.5. The van der Waals surface area contributed by atoms with Crippen LogP contribution in [0.3, 0.4) is 0 Å². The first-order chi connectivity index (χ1) is 14.1. The Morgan fingerprint density at radius 1 is 0.800 bits per heavy atom. The van der Waals surface area contributed by atoms with E-state index in [-0.39, 0.29) is 11.9 Å². The van der Waals surface area contributed by atoms with E-state index in [1.807, 2.05) is 31.3 Å². The minimum Gasteiger partial charge on any atom is -0.456 e. The summed E-state index contributed by atoms with van der Waals surface area (Å²) in [6.45, 7) is 1.89. The quantitative estimate of drug-likeness (QED) is 0.234. The van der Waals surface area contributed by atoms with Crippen molar-refractivity contribution in [2.24, 2.45) is 0 Å². The van der Waals surface area contributed by atoms with E-state index in [4.69, 9.17) is 9.47 Å². The smallest absolute Gasteiger partial charge is 0.340 e. The van der Waals surface area contributed by atoms with E-state index < -0.39 is 0 Å². The Morgan fingerprint density at radius 3 is 2.00 bits per heavy atom. The van der Waals surface area contributed by atoms with Gasteiger partial charge in [0.05, 0.1) is 18.2 Å². The van der Waals surface area contributed by atoms with E-state index in [9.17, 15) is 9.59 Å². The van der Waals surface area contributed by atoms with Crippen LogP contribution in [0.25, 0.3) is 0 Å². The number of nitrogens with one attached hydrogen (secondary N) is 1. The number of carbonyl (C=O) groups is 2. The molecule has 2 aromatic rings. The van der Waals surface area contributed by atoms with Crippen LogP contribution >= 0.6 is 136 Å². The molecule has 0 fully saturated rings. The Labute approximate surface area is 257 Å². The van der Waals surface area contributed by atoms with Crippen LogP contribution in [0.2, 0.25) is 0 Å². The van der Waals surface area contributed by atoms with Crippen LogP contribution in [-0.4, -0.2) is 45.3 Å². The molecule has 2 rings (SSSR count). The molecule has 0 aliphatic heterocycles. The van der Waals surface area contributed by atoms with Crippen molar-refractivity contribution in [1.82, 2.24) is 0 Å². The molecular weight excluding hydrogens is 1070 g/mol. The van der Waals surface area contributed by atoms with E-state index in [0.29, 0.717) is 37.4 Å². The molecule has 0 radical (unpaired) electrons. The van der Waals surface area contributed by atoms with E-state index in [1.165, 1.54) is 0 Å². The highest BCUT2D eigenvalue weighted by Crippen LogP contribution is 2.25. The zero-order chi connectivity index (χ0) is 22.4. The summed E-state index contributed by atoms with van der Waals surface area (Å²) in [7, 11) is 1.98. The van der Waals surface area contributed by atoms with E-state index in [2.05, 4.69) is 136 Å². The van der Waals surface area contributed by atoms with Crippen LogP contribution in [-0.2, 0) is 9.47 Å². The first-order valence-corrected chi connectivity index (χ1v) is 15.0. The second kappa shape index (κ2) is 13.6. The summed E-state index contributed by atoms with van der Waals surface area (Å²) in [4.78, 5) is 26.0. The molecule has 0 aromatic heterocycles. The molecule has 0 amide bonds. The molecule has 1 atom stereocenters. The summed E-state index contributed by atoms with van der Waals surface area (Å²) in [6.07, 6.45) is 0. The summed E-state index contributed by atoms with van der Waals surface area (Å²) in [5.41, 5.74) is 1.22. The first-order valence-electron chi connectivity index (χ1n) is 8.55. The van der Waals surface area contributed by atoms with Gasteiger partial charge < -0.3 is 14.4 Å². The number of rotatable bonds is 8. The Kier molecular flexibility index (Phi) is 12.6. The van der Waals surface area contributed by atoms with Crippen LogP contribution in [0.4, 0.5) is 0 Å². The Morgan fingerprint density at radius 2 is 1.37 bits per heavy atom. The molecule has 2 aromatic carbocycles. The molecule has 30 heavy (non-hydrogen) atoms. The highest BCUT2D eigenvalue weighted by Gasteiger charge is 2.19. The number of carbonyl (C=O) groups excluding carboxylic acids is 2. The van der Waals surface area contributed by atoms with Gasteiger partial charge in [-0.2, -0.15) is 0 Å². The lowest BCUT2D eigenvalue weighted by Gasteiger charge is -2.15. The third-order valence-electron chi connectivity index (χ3n) is 3.99. The minimum absolute atomic E-state index is 0.301. The van der Waals surface area contributed by atoms with E-state index in [0.717, 1.165) is 26.3 Å². The maximum Gasteiger partial charge on any atom is 0.340 e. The first kappa shape index (κ1) is 28.0. The van der Waals surface area contributed by atoms with Crippen molar-refractivity contribution in [3.63, 3.8) is 0 Å². The lowest BCUT2D eigenvalue weighted by Crippen LogP contribution is -3.10. The molecule has 1 N–H and O–H groups in total. The average molecular weight is 1080 g/mol. The van der Waals surface area contributed by atoms with Gasteiger partial charge in [0.1, 0.15) is 26.3 Å². The maximum absolute atomic E-state index is 12.5. The molecule has 0 heterocycles. The number of ether oxygens (including phenoxy) is 2. The van der Waals surface area contributed by atoms with Gasteiger partial charge in [-0.25, -0.2) is 9.59 Å². The zero-order valence-electron chi connectivity index (χ0n) is 15.5. The molecule has 0 aliphatic carbocycles. The molecule has 0 aliphatic rings. The number of hydrogen-bond donors (Lipinski definition) is 1. The third-order valence-corrected chi connectivity index (χ3v) is 11.6. The number of esters is 2. The third kappa shape index (κ3) is 8.19. The molecule has 0 spiro atoms. The SMILES string of the molecule is C[NH+](CCOC(=O)c1cc(I)cc(I)c1I)CCOC(=O)c1c(I)ccc(I)c1I. The van der Waals surface area contributed by atoms with Gasteiger partial charge in [-0.3, -0.25) is 0 Å². The second-order valence-electron chi connectivity index (χ2n) is 6.20. The number of halogens is 6. The van der Waals surface area contributed by atoms with Gasteiger partial charge in [0, 0.05) is 21.4 Å². The molecular formula is C19H16I6NO4+.